The third kappa shape index (κ3) is 1.77. The molecule has 0 unspecified atom stereocenters. The molecule has 0 aromatic heterocycles. The Kier molecular flexibility index (Phi) is 2.88. The normalized spacial score (nSPS) is 10.4. The highest BCUT2D eigenvalue weighted by atomic mass is 19.1. The van der Waals surface area contributed by atoms with Gasteiger partial charge in [-0.05, 0) is 17.2 Å². The van der Waals surface area contributed by atoms with Crippen molar-refractivity contribution in [3.63, 3.8) is 0 Å². The Hall–Kier alpha value is -1.87. The van der Waals surface area contributed by atoms with Crippen molar-refractivity contribution in [1.29, 1.82) is 0 Å². The summed E-state index contributed by atoms with van der Waals surface area (Å²) in [6.07, 6.45) is 0. The van der Waals surface area contributed by atoms with Crippen LogP contribution in [-0.2, 0) is 6.61 Å². The standard InChI is InChI=1S/C13H12FNO/c14-13-11(6-3-7-12(13)15)10-5-2-1-4-9(10)8-16/h1-7,16H,8,15H2. The molecule has 2 aromatic carbocycles. The largest absolute Gasteiger partial charge is 0.396 e. The van der Waals surface area contributed by atoms with Crippen LogP contribution in [0.2, 0.25) is 0 Å². The molecule has 3 heteroatoms. The first-order chi connectivity index (χ1) is 7.74. The van der Waals surface area contributed by atoms with Crippen LogP contribution >= 0.6 is 0 Å². The molecular weight excluding hydrogens is 205 g/mol. The van der Waals surface area contributed by atoms with E-state index in [4.69, 9.17) is 5.73 Å². The number of hydrogen-bond acceptors (Lipinski definition) is 2. The first-order valence-corrected chi connectivity index (χ1v) is 4.97. The minimum Gasteiger partial charge on any atom is -0.396 e. The molecule has 82 valence electrons. The molecule has 0 saturated heterocycles. The van der Waals surface area contributed by atoms with Gasteiger partial charge in [0.15, 0.2) is 5.82 Å². The van der Waals surface area contributed by atoms with E-state index < -0.39 is 5.82 Å². The van der Waals surface area contributed by atoms with Gasteiger partial charge in [-0.2, -0.15) is 0 Å². The highest BCUT2D eigenvalue weighted by Crippen LogP contribution is 2.28. The van der Waals surface area contributed by atoms with Crippen LogP contribution < -0.4 is 5.73 Å². The molecule has 16 heavy (non-hydrogen) atoms. The molecule has 0 heterocycles. The van der Waals surface area contributed by atoms with Gasteiger partial charge in [-0.1, -0.05) is 36.4 Å². The highest BCUT2D eigenvalue weighted by Gasteiger charge is 2.10. The number of aliphatic hydroxyl groups excluding tert-OH is 1. The van der Waals surface area contributed by atoms with Gasteiger partial charge < -0.3 is 10.8 Å². The van der Waals surface area contributed by atoms with Gasteiger partial charge in [0, 0.05) is 5.56 Å². The summed E-state index contributed by atoms with van der Waals surface area (Å²) in [5, 5.41) is 9.19. The zero-order valence-corrected chi connectivity index (χ0v) is 8.65. The van der Waals surface area contributed by atoms with Crippen LogP contribution in [0.25, 0.3) is 11.1 Å². The summed E-state index contributed by atoms with van der Waals surface area (Å²) in [4.78, 5) is 0. The van der Waals surface area contributed by atoms with Crippen LogP contribution in [-0.4, -0.2) is 5.11 Å². The van der Waals surface area contributed by atoms with E-state index >= 15 is 0 Å². The van der Waals surface area contributed by atoms with Crippen LogP contribution in [0, 0.1) is 5.82 Å². The molecule has 0 radical (unpaired) electrons. The zero-order valence-electron chi connectivity index (χ0n) is 8.65. The fourth-order valence-electron chi connectivity index (χ4n) is 1.68. The zero-order chi connectivity index (χ0) is 11.5. The van der Waals surface area contributed by atoms with Crippen molar-refractivity contribution in [3.05, 3.63) is 53.8 Å². The Bertz CT molecular complexity index is 511. The Labute approximate surface area is 93.2 Å². The molecule has 0 bridgehead atoms. The third-order valence-corrected chi connectivity index (χ3v) is 2.51. The van der Waals surface area contributed by atoms with E-state index in [1.54, 1.807) is 36.4 Å². The Morgan fingerprint density at radius 2 is 1.69 bits per heavy atom. The quantitative estimate of drug-likeness (QED) is 0.759. The number of anilines is 1. The second-order valence-electron chi connectivity index (χ2n) is 3.52. The molecular formula is C13H12FNO. The number of rotatable bonds is 2. The lowest BCUT2D eigenvalue weighted by molar-refractivity contribution is 0.282. The number of benzene rings is 2. The molecule has 2 rings (SSSR count). The van der Waals surface area contributed by atoms with E-state index in [1.807, 2.05) is 0 Å². The van der Waals surface area contributed by atoms with Gasteiger partial charge in [0.1, 0.15) is 0 Å². The third-order valence-electron chi connectivity index (χ3n) is 2.51. The van der Waals surface area contributed by atoms with Crippen LogP contribution in [0.4, 0.5) is 10.1 Å². The molecule has 0 aliphatic heterocycles. The number of nitrogens with two attached hydrogens (primary N) is 1. The monoisotopic (exact) mass is 217 g/mol. The average molecular weight is 217 g/mol. The first kappa shape index (κ1) is 10.6. The minimum absolute atomic E-state index is 0.116. The summed E-state index contributed by atoms with van der Waals surface area (Å²) in [7, 11) is 0. The van der Waals surface area contributed by atoms with Gasteiger partial charge in [0.2, 0.25) is 0 Å². The van der Waals surface area contributed by atoms with Gasteiger partial charge >= 0.3 is 0 Å². The topological polar surface area (TPSA) is 46.2 Å². The van der Waals surface area contributed by atoms with Crippen LogP contribution in [0.3, 0.4) is 0 Å². The van der Waals surface area contributed by atoms with Crippen LogP contribution in [0.5, 0.6) is 0 Å². The van der Waals surface area contributed by atoms with Crippen molar-refractivity contribution in [1.82, 2.24) is 0 Å². The Morgan fingerprint density at radius 1 is 1.00 bits per heavy atom. The predicted molar refractivity (Wildman–Crippen MR) is 62.2 cm³/mol. The second-order valence-corrected chi connectivity index (χ2v) is 3.52. The van der Waals surface area contributed by atoms with Crippen molar-refractivity contribution in [3.8, 4) is 11.1 Å². The van der Waals surface area contributed by atoms with Crippen molar-refractivity contribution in [2.75, 3.05) is 5.73 Å². The fraction of sp³-hybridized carbons (Fsp3) is 0.0769. The van der Waals surface area contributed by atoms with Crippen molar-refractivity contribution >= 4 is 5.69 Å². The molecule has 0 saturated carbocycles. The molecule has 0 aliphatic carbocycles. The average Bonchev–Trinajstić information content (AvgIpc) is 2.33. The molecule has 0 fully saturated rings. The summed E-state index contributed by atoms with van der Waals surface area (Å²) in [5.41, 5.74) is 7.41. The second kappa shape index (κ2) is 4.33. The molecule has 2 aromatic rings. The van der Waals surface area contributed by atoms with Gasteiger partial charge in [0.05, 0.1) is 12.3 Å². The predicted octanol–water partition coefficient (Wildman–Crippen LogP) is 2.57. The molecule has 3 N–H and O–H groups in total. The SMILES string of the molecule is Nc1cccc(-c2ccccc2CO)c1F. The van der Waals surface area contributed by atoms with Gasteiger partial charge in [-0.25, -0.2) is 4.39 Å². The van der Waals surface area contributed by atoms with E-state index in [9.17, 15) is 9.50 Å². The number of nitrogen functional groups attached to an aromatic ring is 1. The molecule has 0 amide bonds. The van der Waals surface area contributed by atoms with Crippen LogP contribution in [0.15, 0.2) is 42.5 Å². The van der Waals surface area contributed by atoms with E-state index in [-0.39, 0.29) is 12.3 Å². The van der Waals surface area contributed by atoms with Crippen molar-refractivity contribution < 1.29 is 9.50 Å². The van der Waals surface area contributed by atoms with Gasteiger partial charge in [0.25, 0.3) is 0 Å². The maximum absolute atomic E-state index is 13.8. The van der Waals surface area contributed by atoms with E-state index in [1.165, 1.54) is 6.07 Å². The lowest BCUT2D eigenvalue weighted by Crippen LogP contribution is -1.95. The molecule has 0 spiro atoms. The summed E-state index contributed by atoms with van der Waals surface area (Å²) in [6, 6.07) is 12.0. The van der Waals surface area contributed by atoms with Crippen LogP contribution in [0.1, 0.15) is 5.56 Å². The summed E-state index contributed by atoms with van der Waals surface area (Å²) in [5.74, 6) is -0.441. The minimum atomic E-state index is -0.441. The van der Waals surface area contributed by atoms with E-state index in [2.05, 4.69) is 0 Å². The lowest BCUT2D eigenvalue weighted by Gasteiger charge is -2.09. The molecule has 2 nitrogen and oxygen atoms in total. The highest BCUT2D eigenvalue weighted by molar-refractivity contribution is 5.71. The summed E-state index contributed by atoms with van der Waals surface area (Å²) >= 11 is 0. The van der Waals surface area contributed by atoms with E-state index in [0.717, 1.165) is 0 Å². The van der Waals surface area contributed by atoms with Gasteiger partial charge in [-0.15, -0.1) is 0 Å². The van der Waals surface area contributed by atoms with Gasteiger partial charge in [-0.3, -0.25) is 0 Å². The Morgan fingerprint density at radius 3 is 2.44 bits per heavy atom. The summed E-state index contributed by atoms with van der Waals surface area (Å²) in [6.45, 7) is -0.121. The Balaban J connectivity index is 2.63. The first-order valence-electron chi connectivity index (χ1n) is 4.97. The smallest absolute Gasteiger partial charge is 0.153 e. The number of halogens is 1. The molecule has 0 aliphatic rings. The van der Waals surface area contributed by atoms with E-state index in [0.29, 0.717) is 16.7 Å². The summed E-state index contributed by atoms with van der Waals surface area (Å²) < 4.78 is 13.8. The number of aliphatic hydroxyl groups is 1. The van der Waals surface area contributed by atoms with Crippen molar-refractivity contribution in [2.45, 2.75) is 6.61 Å². The fourth-order valence-corrected chi connectivity index (χ4v) is 1.68. The number of hydrogen-bond donors (Lipinski definition) is 2. The maximum Gasteiger partial charge on any atom is 0.153 e. The maximum atomic E-state index is 13.8. The lowest BCUT2D eigenvalue weighted by atomic mass is 9.99. The molecule has 0 atom stereocenters. The van der Waals surface area contributed by atoms with Crippen molar-refractivity contribution in [2.24, 2.45) is 0 Å².